The van der Waals surface area contributed by atoms with E-state index in [2.05, 4.69) is 72.7 Å². The third kappa shape index (κ3) is 6.48. The Morgan fingerprint density at radius 2 is 1.88 bits per heavy atom. The predicted molar refractivity (Wildman–Crippen MR) is 110 cm³/mol. The Balaban J connectivity index is 1.97. The zero-order valence-corrected chi connectivity index (χ0v) is 16.4. The van der Waals surface area contributed by atoms with Crippen molar-refractivity contribution in [3.05, 3.63) is 65.5 Å². The number of aryl methyl sites for hydroxylation is 1. The van der Waals surface area contributed by atoms with Gasteiger partial charge in [-0.1, -0.05) is 35.9 Å². The lowest BCUT2D eigenvalue weighted by atomic mass is 10.0. The van der Waals surface area contributed by atoms with Crippen LogP contribution in [0.2, 0.25) is 0 Å². The molecule has 1 aromatic heterocycles. The Kier molecular flexibility index (Phi) is 8.09. The molecule has 2 rings (SSSR count). The van der Waals surface area contributed by atoms with Crippen LogP contribution in [0, 0.1) is 6.92 Å². The molecule has 1 atom stereocenters. The van der Waals surface area contributed by atoms with Crippen molar-refractivity contribution in [3.63, 3.8) is 0 Å². The number of nitrogens with one attached hydrogen (secondary N) is 2. The van der Waals surface area contributed by atoms with E-state index < -0.39 is 0 Å². The molecule has 2 N–H and O–H groups in total. The second kappa shape index (κ2) is 10.6. The average Bonchev–Trinajstić information content (AvgIpc) is 2.64. The summed E-state index contributed by atoms with van der Waals surface area (Å²) in [6.07, 6.45) is 2.71. The van der Waals surface area contributed by atoms with Crippen molar-refractivity contribution in [2.24, 2.45) is 4.99 Å². The number of rotatable bonds is 8. The minimum atomic E-state index is 0.252. The van der Waals surface area contributed by atoms with Gasteiger partial charge in [0.05, 0.1) is 12.6 Å². The topological polar surface area (TPSA) is 52.6 Å². The maximum atomic E-state index is 4.80. The first-order valence-electron chi connectivity index (χ1n) is 9.25. The minimum absolute atomic E-state index is 0.252. The Morgan fingerprint density at radius 3 is 2.50 bits per heavy atom. The van der Waals surface area contributed by atoms with Crippen LogP contribution in [-0.4, -0.2) is 49.6 Å². The van der Waals surface area contributed by atoms with Crippen LogP contribution in [0.3, 0.4) is 0 Å². The van der Waals surface area contributed by atoms with Gasteiger partial charge in [-0.15, -0.1) is 0 Å². The van der Waals surface area contributed by atoms with Crippen molar-refractivity contribution < 1.29 is 0 Å². The van der Waals surface area contributed by atoms with Crippen molar-refractivity contribution >= 4 is 5.96 Å². The molecule has 5 nitrogen and oxygen atoms in total. The molecule has 5 heteroatoms. The van der Waals surface area contributed by atoms with E-state index in [1.54, 1.807) is 0 Å². The normalized spacial score (nSPS) is 12.9. The molecule has 2 aromatic rings. The molecule has 0 spiro atoms. The van der Waals surface area contributed by atoms with Crippen molar-refractivity contribution in [2.45, 2.75) is 26.3 Å². The van der Waals surface area contributed by atoms with Crippen LogP contribution >= 0.6 is 0 Å². The fraction of sp³-hybridized carbons (Fsp3) is 0.429. The first-order chi connectivity index (χ1) is 12.6. The second-order valence-electron chi connectivity index (χ2n) is 6.61. The van der Waals surface area contributed by atoms with E-state index in [0.29, 0.717) is 6.54 Å². The second-order valence-corrected chi connectivity index (χ2v) is 6.61. The van der Waals surface area contributed by atoms with Crippen molar-refractivity contribution in [3.8, 4) is 0 Å². The molecule has 0 aliphatic carbocycles. The Bertz CT molecular complexity index is 665. The molecule has 0 saturated carbocycles. The van der Waals surface area contributed by atoms with Gasteiger partial charge in [0.15, 0.2) is 5.96 Å². The summed E-state index contributed by atoms with van der Waals surface area (Å²) in [4.78, 5) is 11.4. The third-order valence-electron chi connectivity index (χ3n) is 4.25. The van der Waals surface area contributed by atoms with Gasteiger partial charge in [-0.05, 0) is 45.6 Å². The van der Waals surface area contributed by atoms with Crippen LogP contribution in [0.15, 0.2) is 53.7 Å². The molecular formula is C21H31N5. The SMILES string of the molecule is CCNC(=NCC(c1ccc(C)cc1)N(C)C)NCCc1ccccn1. The van der Waals surface area contributed by atoms with Gasteiger partial charge >= 0.3 is 0 Å². The maximum Gasteiger partial charge on any atom is 0.191 e. The van der Waals surface area contributed by atoms with Gasteiger partial charge < -0.3 is 15.5 Å². The molecule has 0 amide bonds. The number of likely N-dealkylation sites (N-methyl/N-ethyl adjacent to an activating group) is 1. The third-order valence-corrected chi connectivity index (χ3v) is 4.25. The monoisotopic (exact) mass is 353 g/mol. The number of benzene rings is 1. The number of aromatic nitrogens is 1. The summed E-state index contributed by atoms with van der Waals surface area (Å²) in [5.74, 6) is 0.849. The van der Waals surface area contributed by atoms with Crippen LogP contribution < -0.4 is 10.6 Å². The number of hydrogen-bond donors (Lipinski definition) is 2. The number of nitrogens with zero attached hydrogens (tertiary/aromatic N) is 3. The summed E-state index contributed by atoms with van der Waals surface area (Å²) in [6, 6.07) is 15.0. The van der Waals surface area contributed by atoms with Crippen LogP contribution in [0.4, 0.5) is 0 Å². The summed E-state index contributed by atoms with van der Waals surface area (Å²) < 4.78 is 0. The lowest BCUT2D eigenvalue weighted by Crippen LogP contribution is -2.39. The molecule has 1 unspecified atom stereocenters. The molecule has 1 heterocycles. The number of pyridine rings is 1. The fourth-order valence-corrected chi connectivity index (χ4v) is 2.73. The van der Waals surface area contributed by atoms with Crippen molar-refractivity contribution in [2.75, 3.05) is 33.7 Å². The van der Waals surface area contributed by atoms with Crippen molar-refractivity contribution in [1.29, 1.82) is 0 Å². The lowest BCUT2D eigenvalue weighted by Gasteiger charge is -2.24. The highest BCUT2D eigenvalue weighted by Gasteiger charge is 2.13. The van der Waals surface area contributed by atoms with Gasteiger partial charge in [-0.3, -0.25) is 9.98 Å². The molecule has 0 bridgehead atoms. The number of guanidine groups is 1. The number of hydrogen-bond acceptors (Lipinski definition) is 3. The van der Waals surface area contributed by atoms with Crippen LogP contribution in [-0.2, 0) is 6.42 Å². The zero-order chi connectivity index (χ0) is 18.8. The summed E-state index contributed by atoms with van der Waals surface area (Å²) >= 11 is 0. The zero-order valence-electron chi connectivity index (χ0n) is 16.4. The van der Waals surface area contributed by atoms with Crippen LogP contribution in [0.25, 0.3) is 0 Å². The highest BCUT2D eigenvalue weighted by molar-refractivity contribution is 5.79. The highest BCUT2D eigenvalue weighted by Crippen LogP contribution is 2.19. The standard InChI is InChI=1S/C21H31N5/c1-5-22-21(24-15-13-19-8-6-7-14-23-19)25-16-20(26(3)4)18-11-9-17(2)10-12-18/h6-12,14,20H,5,13,15-16H2,1-4H3,(H2,22,24,25). The molecule has 140 valence electrons. The predicted octanol–water partition coefficient (Wildman–Crippen LogP) is 2.79. The van der Waals surface area contributed by atoms with Gasteiger partial charge in [0, 0.05) is 31.4 Å². The van der Waals surface area contributed by atoms with E-state index in [1.165, 1.54) is 11.1 Å². The van der Waals surface area contributed by atoms with E-state index >= 15 is 0 Å². The van der Waals surface area contributed by atoms with Gasteiger partial charge in [0.2, 0.25) is 0 Å². The Morgan fingerprint density at radius 1 is 1.12 bits per heavy atom. The van der Waals surface area contributed by atoms with Gasteiger partial charge in [0.1, 0.15) is 0 Å². The molecule has 0 aliphatic heterocycles. The summed E-state index contributed by atoms with van der Waals surface area (Å²) in [7, 11) is 4.20. The molecular weight excluding hydrogens is 322 g/mol. The largest absolute Gasteiger partial charge is 0.357 e. The lowest BCUT2D eigenvalue weighted by molar-refractivity contribution is 0.306. The van der Waals surface area contributed by atoms with Gasteiger partial charge in [0.25, 0.3) is 0 Å². The van der Waals surface area contributed by atoms with Crippen LogP contribution in [0.1, 0.15) is 29.8 Å². The molecule has 0 aliphatic rings. The Labute approximate surface area is 157 Å². The van der Waals surface area contributed by atoms with Crippen molar-refractivity contribution in [1.82, 2.24) is 20.5 Å². The molecule has 0 fully saturated rings. The first-order valence-corrected chi connectivity index (χ1v) is 9.25. The van der Waals surface area contributed by atoms with E-state index in [9.17, 15) is 0 Å². The Hall–Kier alpha value is -2.40. The van der Waals surface area contributed by atoms with E-state index in [0.717, 1.165) is 31.2 Å². The van der Waals surface area contributed by atoms with Crippen LogP contribution in [0.5, 0.6) is 0 Å². The van der Waals surface area contributed by atoms with Gasteiger partial charge in [-0.25, -0.2) is 0 Å². The summed E-state index contributed by atoms with van der Waals surface area (Å²) in [6.45, 7) is 6.54. The molecule has 1 aromatic carbocycles. The molecule has 0 radical (unpaired) electrons. The molecule has 0 saturated heterocycles. The summed E-state index contributed by atoms with van der Waals surface area (Å²) in [5.41, 5.74) is 3.65. The first kappa shape index (κ1) is 19.9. The van der Waals surface area contributed by atoms with E-state index in [-0.39, 0.29) is 6.04 Å². The van der Waals surface area contributed by atoms with Gasteiger partial charge in [-0.2, -0.15) is 0 Å². The molecule has 26 heavy (non-hydrogen) atoms. The number of aliphatic imine (C=N–C) groups is 1. The fourth-order valence-electron chi connectivity index (χ4n) is 2.73. The van der Waals surface area contributed by atoms with E-state index in [1.807, 2.05) is 24.4 Å². The quantitative estimate of drug-likeness (QED) is 0.566. The highest BCUT2D eigenvalue weighted by atomic mass is 15.2. The van der Waals surface area contributed by atoms with E-state index in [4.69, 9.17) is 4.99 Å². The average molecular weight is 354 g/mol. The minimum Gasteiger partial charge on any atom is -0.357 e. The smallest absolute Gasteiger partial charge is 0.191 e. The summed E-state index contributed by atoms with van der Waals surface area (Å²) in [5, 5.41) is 6.73. The maximum absolute atomic E-state index is 4.80.